The molecule has 0 aromatic heterocycles. The number of sulfonamides is 2. The van der Waals surface area contributed by atoms with Crippen LogP contribution in [0.4, 0.5) is 0 Å². The molecule has 2 aliphatic heterocycles. The Kier molecular flexibility index (Phi) is 6.69. The van der Waals surface area contributed by atoms with Gasteiger partial charge in [-0.25, -0.2) is 16.8 Å². The predicted octanol–water partition coefficient (Wildman–Crippen LogP) is -1.49. The van der Waals surface area contributed by atoms with Crippen molar-refractivity contribution < 1.29 is 26.5 Å². The van der Waals surface area contributed by atoms with Gasteiger partial charge in [-0.2, -0.15) is 13.9 Å². The highest BCUT2D eigenvalue weighted by Gasteiger charge is 2.31. The summed E-state index contributed by atoms with van der Waals surface area (Å²) < 4.78 is 59.0. The standard InChI is InChI=1S/C17H24N4O5S2/c18-6-1-7-19-8-10-20(11-9-19)27(22,23)16-2-4-17(5-3-16)28(24,25)21-12-14-26-15-13-21/h2-5H,1,7-15H2/p+1. The average molecular weight is 430 g/mol. The van der Waals surface area contributed by atoms with E-state index in [1.807, 2.05) is 0 Å². The van der Waals surface area contributed by atoms with Crippen LogP contribution in [0.5, 0.6) is 0 Å². The summed E-state index contributed by atoms with van der Waals surface area (Å²) in [5.74, 6) is 0. The highest BCUT2D eigenvalue weighted by atomic mass is 32.2. The molecule has 154 valence electrons. The van der Waals surface area contributed by atoms with Crippen molar-refractivity contribution in [1.82, 2.24) is 8.61 Å². The SMILES string of the molecule is N#CCC[NH+]1CCN(S(=O)(=O)c2ccc(S(=O)(=O)N3CCOCC3)cc2)CC1. The highest BCUT2D eigenvalue weighted by Crippen LogP contribution is 2.21. The van der Waals surface area contributed by atoms with Crippen LogP contribution in [0, 0.1) is 11.3 Å². The molecule has 0 radical (unpaired) electrons. The van der Waals surface area contributed by atoms with Crippen LogP contribution in [0.25, 0.3) is 0 Å². The Morgan fingerprint density at radius 2 is 1.36 bits per heavy atom. The van der Waals surface area contributed by atoms with Gasteiger partial charge in [-0.15, -0.1) is 0 Å². The third-order valence-corrected chi connectivity index (χ3v) is 8.91. The predicted molar refractivity (Wildman–Crippen MR) is 101 cm³/mol. The van der Waals surface area contributed by atoms with E-state index in [-0.39, 0.29) is 9.79 Å². The van der Waals surface area contributed by atoms with E-state index in [2.05, 4.69) is 6.07 Å². The Hall–Kier alpha value is -1.55. The molecule has 0 aliphatic carbocycles. The first-order valence-corrected chi connectivity index (χ1v) is 12.1. The Balaban J connectivity index is 1.70. The Bertz CT molecular complexity index is 911. The minimum absolute atomic E-state index is 0.0825. The van der Waals surface area contributed by atoms with E-state index in [1.165, 1.54) is 37.8 Å². The fraction of sp³-hybridized carbons (Fsp3) is 0.588. The number of nitriles is 1. The van der Waals surface area contributed by atoms with Gasteiger partial charge in [-0.05, 0) is 24.3 Å². The smallest absolute Gasteiger partial charge is 0.243 e. The van der Waals surface area contributed by atoms with Crippen molar-refractivity contribution in [2.75, 3.05) is 59.0 Å². The highest BCUT2D eigenvalue weighted by molar-refractivity contribution is 7.89. The van der Waals surface area contributed by atoms with Gasteiger partial charge >= 0.3 is 0 Å². The van der Waals surface area contributed by atoms with Gasteiger partial charge < -0.3 is 9.64 Å². The minimum Gasteiger partial charge on any atom is -0.379 e. The third-order valence-electron chi connectivity index (χ3n) is 5.09. The molecule has 1 aromatic carbocycles. The normalized spacial score (nSPS) is 20.7. The van der Waals surface area contributed by atoms with Crippen LogP contribution >= 0.6 is 0 Å². The maximum Gasteiger partial charge on any atom is 0.243 e. The number of rotatable bonds is 6. The number of hydrogen-bond acceptors (Lipinski definition) is 6. The van der Waals surface area contributed by atoms with E-state index in [0.717, 1.165) is 6.54 Å². The molecule has 0 saturated carbocycles. The van der Waals surface area contributed by atoms with Crippen molar-refractivity contribution in [2.45, 2.75) is 16.2 Å². The molecule has 0 amide bonds. The monoisotopic (exact) mass is 429 g/mol. The molecule has 0 spiro atoms. The van der Waals surface area contributed by atoms with Gasteiger partial charge in [-0.1, -0.05) is 0 Å². The Morgan fingerprint density at radius 3 is 1.82 bits per heavy atom. The molecule has 11 heteroatoms. The van der Waals surface area contributed by atoms with E-state index >= 15 is 0 Å². The van der Waals surface area contributed by atoms with Gasteiger partial charge in [0.15, 0.2) is 0 Å². The summed E-state index contributed by atoms with van der Waals surface area (Å²) in [6, 6.07) is 7.54. The second-order valence-corrected chi connectivity index (χ2v) is 10.7. The number of benzene rings is 1. The molecular formula is C17H25N4O5S2+. The minimum atomic E-state index is -3.67. The van der Waals surface area contributed by atoms with Crippen molar-refractivity contribution in [3.05, 3.63) is 24.3 Å². The summed E-state index contributed by atoms with van der Waals surface area (Å²) in [7, 11) is -7.32. The molecule has 0 unspecified atom stereocenters. The maximum absolute atomic E-state index is 12.9. The van der Waals surface area contributed by atoms with E-state index in [9.17, 15) is 16.8 Å². The Labute approximate surface area is 166 Å². The fourth-order valence-electron chi connectivity index (χ4n) is 3.39. The molecule has 2 fully saturated rings. The molecule has 2 heterocycles. The lowest BCUT2D eigenvalue weighted by atomic mass is 10.3. The summed E-state index contributed by atoms with van der Waals surface area (Å²) in [5.41, 5.74) is 0. The van der Waals surface area contributed by atoms with Gasteiger partial charge in [0.2, 0.25) is 20.0 Å². The summed E-state index contributed by atoms with van der Waals surface area (Å²) in [6.45, 7) is 4.10. The number of hydrogen-bond donors (Lipinski definition) is 1. The molecule has 1 N–H and O–H groups in total. The lowest BCUT2D eigenvalue weighted by Gasteiger charge is -2.31. The van der Waals surface area contributed by atoms with Crippen molar-refractivity contribution >= 4 is 20.0 Å². The molecule has 3 rings (SSSR count). The topological polar surface area (TPSA) is 112 Å². The lowest BCUT2D eigenvalue weighted by Crippen LogP contribution is -3.14. The summed E-state index contributed by atoms with van der Waals surface area (Å²) in [6.07, 6.45) is 0.459. The first kappa shape index (κ1) is 21.2. The summed E-state index contributed by atoms with van der Waals surface area (Å²) in [5, 5.41) is 8.67. The molecule has 2 aliphatic rings. The first-order chi connectivity index (χ1) is 13.4. The van der Waals surface area contributed by atoms with Gasteiger partial charge in [0.05, 0.1) is 68.2 Å². The second kappa shape index (κ2) is 8.86. The van der Waals surface area contributed by atoms with Gasteiger partial charge in [0, 0.05) is 13.1 Å². The largest absolute Gasteiger partial charge is 0.379 e. The molecule has 0 atom stereocenters. The zero-order valence-electron chi connectivity index (χ0n) is 15.6. The zero-order chi connectivity index (χ0) is 20.2. The molecule has 28 heavy (non-hydrogen) atoms. The maximum atomic E-state index is 12.9. The first-order valence-electron chi connectivity index (χ1n) is 9.24. The van der Waals surface area contributed by atoms with Crippen molar-refractivity contribution in [1.29, 1.82) is 5.26 Å². The summed E-state index contributed by atoms with van der Waals surface area (Å²) in [4.78, 5) is 1.40. The third kappa shape index (κ3) is 4.53. The van der Waals surface area contributed by atoms with Crippen LogP contribution in [0.1, 0.15) is 6.42 Å². The van der Waals surface area contributed by atoms with Crippen LogP contribution in [-0.2, 0) is 24.8 Å². The van der Waals surface area contributed by atoms with Gasteiger partial charge in [0.1, 0.15) is 0 Å². The van der Waals surface area contributed by atoms with Crippen molar-refractivity contribution in [3.63, 3.8) is 0 Å². The second-order valence-electron chi connectivity index (χ2n) is 6.80. The van der Waals surface area contributed by atoms with Gasteiger partial charge in [0.25, 0.3) is 0 Å². The number of ether oxygens (including phenoxy) is 1. The van der Waals surface area contributed by atoms with Crippen LogP contribution in [0.2, 0.25) is 0 Å². The van der Waals surface area contributed by atoms with Gasteiger partial charge in [-0.3, -0.25) is 0 Å². The van der Waals surface area contributed by atoms with Crippen LogP contribution < -0.4 is 4.90 Å². The van der Waals surface area contributed by atoms with Crippen LogP contribution in [0.15, 0.2) is 34.1 Å². The van der Waals surface area contributed by atoms with Crippen LogP contribution in [0.3, 0.4) is 0 Å². The number of nitrogens with one attached hydrogen (secondary N) is 1. The number of nitrogens with zero attached hydrogens (tertiary/aromatic N) is 3. The van der Waals surface area contributed by atoms with E-state index < -0.39 is 20.0 Å². The quantitative estimate of drug-likeness (QED) is 0.590. The van der Waals surface area contributed by atoms with Crippen LogP contribution in [-0.4, -0.2) is 84.5 Å². The van der Waals surface area contributed by atoms with E-state index in [0.29, 0.717) is 58.9 Å². The van der Waals surface area contributed by atoms with E-state index in [4.69, 9.17) is 10.00 Å². The number of quaternary nitrogens is 1. The number of morpholine rings is 1. The summed E-state index contributed by atoms with van der Waals surface area (Å²) >= 11 is 0. The lowest BCUT2D eigenvalue weighted by molar-refractivity contribution is -0.903. The fourth-order valence-corrected chi connectivity index (χ4v) is 6.24. The zero-order valence-corrected chi connectivity index (χ0v) is 17.2. The Morgan fingerprint density at radius 1 is 0.893 bits per heavy atom. The number of piperazine rings is 1. The van der Waals surface area contributed by atoms with Crippen molar-refractivity contribution in [3.8, 4) is 6.07 Å². The van der Waals surface area contributed by atoms with Crippen molar-refractivity contribution in [2.24, 2.45) is 0 Å². The molecule has 0 bridgehead atoms. The van der Waals surface area contributed by atoms with E-state index in [1.54, 1.807) is 0 Å². The average Bonchev–Trinajstić information content (AvgIpc) is 2.73. The molecular weight excluding hydrogens is 404 g/mol. The molecule has 2 saturated heterocycles. The molecule has 9 nitrogen and oxygen atoms in total. The molecule has 1 aromatic rings.